The topological polar surface area (TPSA) is 20.2 Å². The molecule has 1 aliphatic carbocycles. The van der Waals surface area contributed by atoms with Gasteiger partial charge in [-0.2, -0.15) is 0 Å². The van der Waals surface area contributed by atoms with E-state index in [-0.39, 0.29) is 0 Å². The molecule has 0 amide bonds. The van der Waals surface area contributed by atoms with Crippen LogP contribution in [0.2, 0.25) is 0 Å². The second kappa shape index (κ2) is 4.94. The first-order chi connectivity index (χ1) is 8.08. The summed E-state index contributed by atoms with van der Waals surface area (Å²) >= 11 is 0. The highest BCUT2D eigenvalue weighted by Crippen LogP contribution is 2.33. The Kier molecular flexibility index (Phi) is 3.54. The van der Waals surface area contributed by atoms with E-state index in [1.54, 1.807) is 0 Å². The van der Waals surface area contributed by atoms with Crippen LogP contribution >= 0.6 is 0 Å². The average Bonchev–Trinajstić information content (AvgIpc) is 2.81. The largest absolute Gasteiger partial charge is 0.378 e. The van der Waals surface area contributed by atoms with Gasteiger partial charge in [0.25, 0.3) is 0 Å². The molecule has 1 nitrogen and oxygen atoms in total. The number of rotatable bonds is 1. The molecule has 1 aromatic carbocycles. The molecule has 17 heavy (non-hydrogen) atoms. The van der Waals surface area contributed by atoms with E-state index < -0.39 is 5.60 Å². The molecule has 2 rings (SSSR count). The standard InChI is InChI=1S/C16H20O/c1-13-6-5-7-14(12-13)10-11-16(2,17)15-8-3-4-9-15/h5-7,12,15,17H,3-4,8-9H2,1-2H3. The fourth-order valence-electron chi connectivity index (χ4n) is 2.51. The van der Waals surface area contributed by atoms with Crippen molar-refractivity contribution in [2.45, 2.75) is 45.1 Å². The minimum Gasteiger partial charge on any atom is -0.378 e. The zero-order valence-electron chi connectivity index (χ0n) is 10.7. The lowest BCUT2D eigenvalue weighted by molar-refractivity contribution is 0.0589. The van der Waals surface area contributed by atoms with Gasteiger partial charge >= 0.3 is 0 Å². The number of hydrogen-bond acceptors (Lipinski definition) is 1. The van der Waals surface area contributed by atoms with Gasteiger partial charge in [0, 0.05) is 5.56 Å². The maximum Gasteiger partial charge on any atom is 0.125 e. The third kappa shape index (κ3) is 3.11. The first-order valence-electron chi connectivity index (χ1n) is 6.40. The van der Waals surface area contributed by atoms with Crippen LogP contribution in [0.15, 0.2) is 24.3 Å². The van der Waals surface area contributed by atoms with Gasteiger partial charge in [-0.1, -0.05) is 36.8 Å². The van der Waals surface area contributed by atoms with E-state index in [0.29, 0.717) is 5.92 Å². The predicted octanol–water partition coefficient (Wildman–Crippen LogP) is 3.29. The van der Waals surface area contributed by atoms with Crippen LogP contribution in [0.5, 0.6) is 0 Å². The van der Waals surface area contributed by atoms with Crippen molar-refractivity contribution >= 4 is 0 Å². The van der Waals surface area contributed by atoms with Crippen LogP contribution < -0.4 is 0 Å². The number of aryl methyl sites for hydroxylation is 1. The van der Waals surface area contributed by atoms with Gasteiger partial charge in [0.1, 0.15) is 5.60 Å². The summed E-state index contributed by atoms with van der Waals surface area (Å²) in [5.74, 6) is 6.50. The third-order valence-electron chi connectivity index (χ3n) is 3.63. The quantitative estimate of drug-likeness (QED) is 0.731. The molecular weight excluding hydrogens is 208 g/mol. The highest BCUT2D eigenvalue weighted by molar-refractivity contribution is 5.38. The number of benzene rings is 1. The Morgan fingerprint density at radius 2 is 2.00 bits per heavy atom. The summed E-state index contributed by atoms with van der Waals surface area (Å²) in [6.07, 6.45) is 4.67. The third-order valence-corrected chi connectivity index (χ3v) is 3.63. The summed E-state index contributed by atoms with van der Waals surface area (Å²) in [7, 11) is 0. The normalized spacial score (nSPS) is 19.5. The molecule has 1 aromatic rings. The molecule has 1 saturated carbocycles. The molecule has 1 heteroatoms. The highest BCUT2D eigenvalue weighted by atomic mass is 16.3. The average molecular weight is 228 g/mol. The lowest BCUT2D eigenvalue weighted by Gasteiger charge is -2.23. The molecule has 1 unspecified atom stereocenters. The second-order valence-corrected chi connectivity index (χ2v) is 5.25. The van der Waals surface area contributed by atoms with Crippen molar-refractivity contribution in [3.05, 3.63) is 35.4 Å². The van der Waals surface area contributed by atoms with Crippen LogP contribution in [0.3, 0.4) is 0 Å². The van der Waals surface area contributed by atoms with Crippen LogP contribution in [0.4, 0.5) is 0 Å². The van der Waals surface area contributed by atoms with Crippen molar-refractivity contribution in [2.24, 2.45) is 5.92 Å². The number of hydrogen-bond donors (Lipinski definition) is 1. The fourth-order valence-corrected chi connectivity index (χ4v) is 2.51. The molecule has 0 spiro atoms. The van der Waals surface area contributed by atoms with Crippen molar-refractivity contribution < 1.29 is 5.11 Å². The minimum atomic E-state index is -0.833. The lowest BCUT2D eigenvalue weighted by Crippen LogP contribution is -2.30. The van der Waals surface area contributed by atoms with Gasteiger partial charge in [-0.25, -0.2) is 0 Å². The van der Waals surface area contributed by atoms with Gasteiger partial charge in [0.15, 0.2) is 0 Å². The molecule has 0 radical (unpaired) electrons. The smallest absolute Gasteiger partial charge is 0.125 e. The first-order valence-corrected chi connectivity index (χ1v) is 6.40. The van der Waals surface area contributed by atoms with E-state index >= 15 is 0 Å². The van der Waals surface area contributed by atoms with Gasteiger partial charge in [-0.05, 0) is 50.3 Å². The highest BCUT2D eigenvalue weighted by Gasteiger charge is 2.32. The molecule has 0 aromatic heterocycles. The summed E-state index contributed by atoms with van der Waals surface area (Å²) in [6.45, 7) is 3.91. The maximum atomic E-state index is 10.4. The fraction of sp³-hybridized carbons (Fsp3) is 0.500. The van der Waals surface area contributed by atoms with Crippen LogP contribution in [-0.4, -0.2) is 10.7 Å². The Bertz CT molecular complexity index is 442. The van der Waals surface area contributed by atoms with E-state index in [9.17, 15) is 5.11 Å². The van der Waals surface area contributed by atoms with Gasteiger partial charge < -0.3 is 5.11 Å². The summed E-state index contributed by atoms with van der Waals surface area (Å²) in [5, 5.41) is 10.4. The van der Waals surface area contributed by atoms with Crippen LogP contribution in [-0.2, 0) is 0 Å². The van der Waals surface area contributed by atoms with Gasteiger partial charge in [0.05, 0.1) is 0 Å². The Labute approximate surface area is 104 Å². The van der Waals surface area contributed by atoms with E-state index in [4.69, 9.17) is 0 Å². The molecule has 1 atom stereocenters. The van der Waals surface area contributed by atoms with Crippen molar-refractivity contribution in [3.8, 4) is 11.8 Å². The van der Waals surface area contributed by atoms with E-state index in [2.05, 4.69) is 30.9 Å². The van der Waals surface area contributed by atoms with Crippen molar-refractivity contribution in [2.75, 3.05) is 0 Å². The minimum absolute atomic E-state index is 0.347. The Balaban J connectivity index is 2.14. The molecule has 90 valence electrons. The van der Waals surface area contributed by atoms with E-state index in [0.717, 1.165) is 18.4 Å². The molecule has 0 heterocycles. The first kappa shape index (κ1) is 12.2. The predicted molar refractivity (Wildman–Crippen MR) is 70.6 cm³/mol. The van der Waals surface area contributed by atoms with Crippen LogP contribution in [0, 0.1) is 24.7 Å². The molecule has 1 fully saturated rings. The summed E-state index contributed by atoms with van der Waals surface area (Å²) < 4.78 is 0. The Morgan fingerprint density at radius 1 is 1.29 bits per heavy atom. The van der Waals surface area contributed by atoms with Gasteiger partial charge in [-0.15, -0.1) is 0 Å². The molecule has 0 bridgehead atoms. The summed E-state index contributed by atoms with van der Waals surface area (Å²) in [6, 6.07) is 8.10. The zero-order chi connectivity index (χ0) is 12.3. The van der Waals surface area contributed by atoms with Gasteiger partial charge in [0.2, 0.25) is 0 Å². The molecule has 0 saturated heterocycles. The Morgan fingerprint density at radius 3 is 2.65 bits per heavy atom. The number of aliphatic hydroxyl groups is 1. The molecular formula is C16H20O. The van der Waals surface area contributed by atoms with Crippen molar-refractivity contribution in [1.82, 2.24) is 0 Å². The molecule has 0 aliphatic heterocycles. The van der Waals surface area contributed by atoms with Crippen LogP contribution in [0.1, 0.15) is 43.7 Å². The zero-order valence-corrected chi connectivity index (χ0v) is 10.7. The SMILES string of the molecule is Cc1cccc(C#CC(C)(O)C2CCCC2)c1. The summed E-state index contributed by atoms with van der Waals surface area (Å²) in [5.41, 5.74) is 1.36. The monoisotopic (exact) mass is 228 g/mol. The van der Waals surface area contributed by atoms with E-state index in [1.165, 1.54) is 18.4 Å². The van der Waals surface area contributed by atoms with Crippen LogP contribution in [0.25, 0.3) is 0 Å². The Hall–Kier alpha value is -1.26. The molecule has 1 aliphatic rings. The van der Waals surface area contributed by atoms with Gasteiger partial charge in [-0.3, -0.25) is 0 Å². The van der Waals surface area contributed by atoms with Crippen molar-refractivity contribution in [3.63, 3.8) is 0 Å². The second-order valence-electron chi connectivity index (χ2n) is 5.25. The van der Waals surface area contributed by atoms with Crippen molar-refractivity contribution in [1.29, 1.82) is 0 Å². The van der Waals surface area contributed by atoms with E-state index in [1.807, 2.05) is 19.1 Å². The molecule has 1 N–H and O–H groups in total. The summed E-state index contributed by atoms with van der Waals surface area (Å²) in [4.78, 5) is 0. The lowest BCUT2D eigenvalue weighted by atomic mass is 9.88. The maximum absolute atomic E-state index is 10.4.